The highest BCUT2D eigenvalue weighted by atomic mass is 16.5. The van der Waals surface area contributed by atoms with Crippen LogP contribution in [0, 0.1) is 12.8 Å². The molecule has 1 atom stereocenters. The number of hydrogen-bond donors (Lipinski definition) is 2. The minimum Gasteiger partial charge on any atom is -0.484 e. The minimum absolute atomic E-state index is 0.0342. The van der Waals surface area contributed by atoms with Gasteiger partial charge in [0.15, 0.2) is 6.61 Å². The highest BCUT2D eigenvalue weighted by Gasteiger charge is 2.23. The summed E-state index contributed by atoms with van der Waals surface area (Å²) in [4.78, 5) is 25.7. The first kappa shape index (κ1) is 19.9. The zero-order valence-electron chi connectivity index (χ0n) is 16.2. The number of nitrogens with one attached hydrogen (secondary N) is 1. The van der Waals surface area contributed by atoms with Crippen LogP contribution in [0.1, 0.15) is 24.0 Å². The van der Waals surface area contributed by atoms with E-state index in [4.69, 9.17) is 10.5 Å². The van der Waals surface area contributed by atoms with Gasteiger partial charge in [0.2, 0.25) is 5.91 Å². The van der Waals surface area contributed by atoms with Crippen LogP contribution in [-0.4, -0.2) is 36.4 Å². The predicted octanol–water partition coefficient (Wildman–Crippen LogP) is 2.71. The zero-order chi connectivity index (χ0) is 19.9. The third kappa shape index (κ3) is 5.82. The second-order valence-electron chi connectivity index (χ2n) is 7.33. The first-order valence-electron chi connectivity index (χ1n) is 9.59. The van der Waals surface area contributed by atoms with Crippen LogP contribution in [0.5, 0.6) is 5.75 Å². The van der Waals surface area contributed by atoms with Crippen molar-refractivity contribution in [1.82, 2.24) is 4.90 Å². The van der Waals surface area contributed by atoms with Crippen LogP contribution < -0.4 is 15.8 Å². The Balaban J connectivity index is 1.47. The molecular formula is C22H27N3O3. The number of benzene rings is 2. The largest absolute Gasteiger partial charge is 0.484 e. The van der Waals surface area contributed by atoms with Crippen molar-refractivity contribution in [3.05, 3.63) is 59.7 Å². The first-order valence-corrected chi connectivity index (χ1v) is 9.59. The molecule has 2 aromatic carbocycles. The fourth-order valence-corrected chi connectivity index (χ4v) is 3.43. The lowest BCUT2D eigenvalue weighted by molar-refractivity contribution is -0.123. The van der Waals surface area contributed by atoms with Gasteiger partial charge in [-0.15, -0.1) is 0 Å². The number of aryl methyl sites for hydroxylation is 1. The molecule has 0 saturated carbocycles. The fraction of sp³-hybridized carbons (Fsp3) is 0.364. The molecule has 0 unspecified atom stereocenters. The summed E-state index contributed by atoms with van der Waals surface area (Å²) in [5.74, 6) is 0.215. The standard InChI is InChI=1S/C22H27N3O3/c1-16-4-2-6-20(12-16)28-15-21(26)24-19-9-7-17(8-10-19)13-25-11-3-5-18(14-25)22(23)27/h2,4,6-10,12,18H,3,5,11,13-15H2,1H3,(H2,23,27)(H,24,26)/t18-/m1/s1. The van der Waals surface area contributed by atoms with Crippen molar-refractivity contribution in [2.75, 3.05) is 25.0 Å². The van der Waals surface area contributed by atoms with E-state index in [1.54, 1.807) is 0 Å². The first-order chi connectivity index (χ1) is 13.5. The Bertz CT molecular complexity index is 820. The molecule has 1 fully saturated rings. The van der Waals surface area contributed by atoms with E-state index in [1.165, 1.54) is 0 Å². The second-order valence-corrected chi connectivity index (χ2v) is 7.33. The van der Waals surface area contributed by atoms with Gasteiger partial charge in [0.05, 0.1) is 5.92 Å². The summed E-state index contributed by atoms with van der Waals surface area (Å²) in [6.07, 6.45) is 1.87. The Hall–Kier alpha value is -2.86. The number of hydrogen-bond acceptors (Lipinski definition) is 4. The number of primary amides is 1. The van der Waals surface area contributed by atoms with E-state index < -0.39 is 0 Å². The summed E-state index contributed by atoms with van der Waals surface area (Å²) < 4.78 is 5.52. The van der Waals surface area contributed by atoms with Gasteiger partial charge in [-0.05, 0) is 61.7 Å². The Kier molecular flexibility index (Phi) is 6.66. The van der Waals surface area contributed by atoms with Gasteiger partial charge in [-0.3, -0.25) is 14.5 Å². The average Bonchev–Trinajstić information content (AvgIpc) is 2.68. The molecular weight excluding hydrogens is 354 g/mol. The number of rotatable bonds is 7. The molecule has 1 heterocycles. The third-order valence-electron chi connectivity index (χ3n) is 4.91. The summed E-state index contributed by atoms with van der Waals surface area (Å²) in [7, 11) is 0. The van der Waals surface area contributed by atoms with E-state index in [0.717, 1.165) is 42.7 Å². The number of nitrogens with zero attached hydrogens (tertiary/aromatic N) is 1. The van der Waals surface area contributed by atoms with E-state index in [0.29, 0.717) is 12.3 Å². The number of amides is 2. The molecule has 0 bridgehead atoms. The number of carbonyl (C=O) groups is 2. The smallest absolute Gasteiger partial charge is 0.262 e. The van der Waals surface area contributed by atoms with Crippen molar-refractivity contribution in [2.45, 2.75) is 26.3 Å². The normalized spacial score (nSPS) is 17.1. The van der Waals surface area contributed by atoms with Gasteiger partial charge in [-0.1, -0.05) is 24.3 Å². The van der Waals surface area contributed by atoms with Crippen LogP contribution in [0.3, 0.4) is 0 Å². The van der Waals surface area contributed by atoms with Crippen LogP contribution in [0.15, 0.2) is 48.5 Å². The van der Waals surface area contributed by atoms with Gasteiger partial charge < -0.3 is 15.8 Å². The Morgan fingerprint density at radius 2 is 2.00 bits per heavy atom. The molecule has 6 heteroatoms. The number of nitrogens with two attached hydrogens (primary N) is 1. The number of likely N-dealkylation sites (tertiary alicyclic amines) is 1. The van der Waals surface area contributed by atoms with E-state index in [-0.39, 0.29) is 24.3 Å². The molecule has 0 spiro atoms. The minimum atomic E-state index is -0.212. The van der Waals surface area contributed by atoms with Crippen molar-refractivity contribution >= 4 is 17.5 Å². The topological polar surface area (TPSA) is 84.7 Å². The lowest BCUT2D eigenvalue weighted by atomic mass is 9.97. The molecule has 2 amide bonds. The summed E-state index contributed by atoms with van der Waals surface area (Å²) >= 11 is 0. The number of piperidine rings is 1. The highest BCUT2D eigenvalue weighted by Crippen LogP contribution is 2.19. The van der Waals surface area contributed by atoms with Gasteiger partial charge in [-0.2, -0.15) is 0 Å². The second kappa shape index (κ2) is 9.37. The van der Waals surface area contributed by atoms with Gasteiger partial charge >= 0.3 is 0 Å². The quantitative estimate of drug-likeness (QED) is 0.772. The van der Waals surface area contributed by atoms with E-state index >= 15 is 0 Å². The highest BCUT2D eigenvalue weighted by molar-refractivity contribution is 5.91. The summed E-state index contributed by atoms with van der Waals surface area (Å²) in [6.45, 7) is 4.40. The summed E-state index contributed by atoms with van der Waals surface area (Å²) in [5.41, 5.74) is 8.40. The van der Waals surface area contributed by atoms with Crippen LogP contribution in [-0.2, 0) is 16.1 Å². The lowest BCUT2D eigenvalue weighted by Crippen LogP contribution is -2.40. The number of ether oxygens (including phenoxy) is 1. The van der Waals surface area contributed by atoms with Crippen molar-refractivity contribution in [3.63, 3.8) is 0 Å². The van der Waals surface area contributed by atoms with E-state index in [9.17, 15) is 9.59 Å². The van der Waals surface area contributed by atoms with E-state index in [1.807, 2.05) is 55.5 Å². The molecule has 1 aliphatic heterocycles. The van der Waals surface area contributed by atoms with Crippen molar-refractivity contribution in [1.29, 1.82) is 0 Å². The molecule has 28 heavy (non-hydrogen) atoms. The van der Waals surface area contributed by atoms with Crippen LogP contribution in [0.25, 0.3) is 0 Å². The number of carbonyl (C=O) groups excluding carboxylic acids is 2. The molecule has 3 N–H and O–H groups in total. The molecule has 0 aliphatic carbocycles. The van der Waals surface area contributed by atoms with Crippen LogP contribution in [0.2, 0.25) is 0 Å². The Morgan fingerprint density at radius 1 is 1.21 bits per heavy atom. The summed E-state index contributed by atoms with van der Waals surface area (Å²) in [6, 6.07) is 15.4. The van der Waals surface area contributed by atoms with Gasteiger partial charge in [0.1, 0.15) is 5.75 Å². The molecule has 1 aliphatic rings. The monoisotopic (exact) mass is 381 g/mol. The molecule has 3 rings (SSSR count). The van der Waals surface area contributed by atoms with Crippen molar-refractivity contribution in [2.24, 2.45) is 11.7 Å². The van der Waals surface area contributed by atoms with Gasteiger partial charge in [0, 0.05) is 18.8 Å². The maximum absolute atomic E-state index is 12.1. The molecule has 1 saturated heterocycles. The van der Waals surface area contributed by atoms with Gasteiger partial charge in [-0.25, -0.2) is 0 Å². The SMILES string of the molecule is Cc1cccc(OCC(=O)Nc2ccc(CN3CCC[C@@H](C(N)=O)C3)cc2)c1. The van der Waals surface area contributed by atoms with E-state index in [2.05, 4.69) is 10.2 Å². The molecule has 0 aromatic heterocycles. The maximum atomic E-state index is 12.1. The summed E-state index contributed by atoms with van der Waals surface area (Å²) in [5, 5.41) is 2.84. The molecule has 2 aromatic rings. The number of anilines is 1. The lowest BCUT2D eigenvalue weighted by Gasteiger charge is -2.31. The molecule has 148 valence electrons. The Morgan fingerprint density at radius 3 is 2.71 bits per heavy atom. The van der Waals surface area contributed by atoms with Crippen LogP contribution >= 0.6 is 0 Å². The Labute approximate surface area is 165 Å². The van der Waals surface area contributed by atoms with Gasteiger partial charge in [0.25, 0.3) is 5.91 Å². The van der Waals surface area contributed by atoms with Crippen LogP contribution in [0.4, 0.5) is 5.69 Å². The van der Waals surface area contributed by atoms with Crippen molar-refractivity contribution < 1.29 is 14.3 Å². The molecule has 0 radical (unpaired) electrons. The maximum Gasteiger partial charge on any atom is 0.262 e. The third-order valence-corrected chi connectivity index (χ3v) is 4.91. The zero-order valence-corrected chi connectivity index (χ0v) is 16.2. The molecule has 6 nitrogen and oxygen atoms in total. The average molecular weight is 381 g/mol. The predicted molar refractivity (Wildman–Crippen MR) is 109 cm³/mol. The van der Waals surface area contributed by atoms with Crippen molar-refractivity contribution in [3.8, 4) is 5.75 Å². The fourth-order valence-electron chi connectivity index (χ4n) is 3.43.